The minimum atomic E-state index is -3.53. The van der Waals surface area contributed by atoms with Crippen LogP contribution in [0.1, 0.15) is 29.8 Å². The van der Waals surface area contributed by atoms with Crippen molar-refractivity contribution in [3.8, 4) is 5.82 Å². The van der Waals surface area contributed by atoms with Gasteiger partial charge in [-0.3, -0.25) is 0 Å². The molecule has 2 N–H and O–H groups in total. The topological polar surface area (TPSA) is 88.9 Å². The second-order valence-corrected chi connectivity index (χ2v) is 8.98. The van der Waals surface area contributed by atoms with Crippen molar-refractivity contribution in [1.29, 1.82) is 0 Å². The molecule has 152 valence electrons. The zero-order valence-electron chi connectivity index (χ0n) is 16.4. The van der Waals surface area contributed by atoms with Crippen LogP contribution < -0.4 is 10.0 Å². The lowest BCUT2D eigenvalue weighted by molar-refractivity contribution is 0.582. The third-order valence-electron chi connectivity index (χ3n) is 5.05. The molecule has 0 saturated carbocycles. The molecule has 4 rings (SSSR count). The molecule has 7 nitrogen and oxygen atoms in total. The van der Waals surface area contributed by atoms with Crippen molar-refractivity contribution < 1.29 is 8.42 Å². The quantitative estimate of drug-likeness (QED) is 0.584. The van der Waals surface area contributed by atoms with Crippen LogP contribution in [0.4, 0.5) is 5.82 Å². The first-order chi connectivity index (χ1) is 14.0. The lowest BCUT2D eigenvalue weighted by Gasteiger charge is -2.17. The number of anilines is 1. The highest BCUT2D eigenvalue weighted by atomic mass is 32.2. The summed E-state index contributed by atoms with van der Waals surface area (Å²) in [7, 11) is -3.53. The summed E-state index contributed by atoms with van der Waals surface area (Å²) in [5.41, 5.74) is 2.43. The minimum Gasteiger partial charge on any atom is -0.369 e. The molecular formula is C21H25N5O2S. The van der Waals surface area contributed by atoms with E-state index in [9.17, 15) is 8.42 Å². The minimum absolute atomic E-state index is 0.265. The molecule has 0 bridgehead atoms. The number of hydrogen-bond acceptors (Lipinski definition) is 5. The van der Waals surface area contributed by atoms with Crippen LogP contribution in [0.5, 0.6) is 0 Å². The van der Waals surface area contributed by atoms with Gasteiger partial charge in [-0.05, 0) is 68.0 Å². The van der Waals surface area contributed by atoms with Gasteiger partial charge in [0.2, 0.25) is 10.0 Å². The highest BCUT2D eigenvalue weighted by molar-refractivity contribution is 7.89. The number of nitrogens with one attached hydrogen (secondary N) is 2. The third kappa shape index (κ3) is 4.65. The van der Waals surface area contributed by atoms with E-state index in [0.717, 1.165) is 30.6 Å². The fourth-order valence-electron chi connectivity index (χ4n) is 3.60. The first-order valence-corrected chi connectivity index (χ1v) is 11.3. The van der Waals surface area contributed by atoms with E-state index in [4.69, 9.17) is 0 Å². The van der Waals surface area contributed by atoms with Crippen LogP contribution >= 0.6 is 0 Å². The first-order valence-electron chi connectivity index (χ1n) is 9.86. The van der Waals surface area contributed by atoms with Gasteiger partial charge < -0.3 is 9.88 Å². The molecule has 0 atom stereocenters. The smallest absolute Gasteiger partial charge is 0.240 e. The van der Waals surface area contributed by atoms with Gasteiger partial charge in [0.05, 0.1) is 4.90 Å². The van der Waals surface area contributed by atoms with Crippen LogP contribution in [0.25, 0.3) is 5.82 Å². The van der Waals surface area contributed by atoms with Crippen molar-refractivity contribution in [2.75, 3.05) is 18.4 Å². The summed E-state index contributed by atoms with van der Waals surface area (Å²) in [6, 6.07) is 11.2. The Morgan fingerprint density at radius 2 is 1.76 bits per heavy atom. The molecule has 8 heteroatoms. The van der Waals surface area contributed by atoms with Crippen LogP contribution in [0.2, 0.25) is 0 Å². The number of nitrogens with zero attached hydrogens (tertiary/aromatic N) is 3. The van der Waals surface area contributed by atoms with Gasteiger partial charge in [-0.1, -0.05) is 6.07 Å². The normalized spacial score (nSPS) is 13.8. The van der Waals surface area contributed by atoms with E-state index in [1.807, 2.05) is 54.2 Å². The van der Waals surface area contributed by atoms with Gasteiger partial charge in [-0.25, -0.2) is 23.1 Å². The second kappa shape index (κ2) is 8.34. The number of sulfonamides is 1. The largest absolute Gasteiger partial charge is 0.369 e. The van der Waals surface area contributed by atoms with Crippen molar-refractivity contribution in [2.45, 2.75) is 37.5 Å². The average Bonchev–Trinajstić information content (AvgIpc) is 3.25. The number of aryl methyl sites for hydroxylation is 3. The number of rotatable bonds is 7. The lowest BCUT2D eigenvalue weighted by Crippen LogP contribution is -2.29. The maximum Gasteiger partial charge on any atom is 0.240 e. The molecule has 29 heavy (non-hydrogen) atoms. The molecule has 2 aromatic heterocycles. The lowest BCUT2D eigenvalue weighted by atomic mass is 9.92. The Morgan fingerprint density at radius 3 is 2.55 bits per heavy atom. The average molecular weight is 412 g/mol. The number of benzene rings is 1. The standard InChI is InChI=1S/C21H25N5O2S/c1-16-24-20(15-21(25-16)26-12-4-5-13-26)22-10-11-23-29(27,28)19-9-8-17-6-2-3-7-18(17)14-19/h4-5,8-9,12-15,23H,2-3,6-7,10-11H2,1H3,(H,22,24,25). The van der Waals surface area contributed by atoms with Gasteiger partial charge in [-0.2, -0.15) is 0 Å². The van der Waals surface area contributed by atoms with E-state index < -0.39 is 10.0 Å². The molecule has 1 aromatic carbocycles. The third-order valence-corrected chi connectivity index (χ3v) is 6.51. The molecular weight excluding hydrogens is 386 g/mol. The number of hydrogen-bond donors (Lipinski definition) is 2. The monoisotopic (exact) mass is 411 g/mol. The molecule has 0 fully saturated rings. The fraction of sp³-hybridized carbons (Fsp3) is 0.333. The van der Waals surface area contributed by atoms with Crippen molar-refractivity contribution in [3.05, 3.63) is 65.7 Å². The van der Waals surface area contributed by atoms with Gasteiger partial charge in [0.1, 0.15) is 17.5 Å². The van der Waals surface area contributed by atoms with E-state index in [1.54, 1.807) is 6.07 Å². The Labute approximate surface area is 171 Å². The maximum absolute atomic E-state index is 12.6. The van der Waals surface area contributed by atoms with Gasteiger partial charge in [0.15, 0.2) is 0 Å². The predicted molar refractivity (Wildman–Crippen MR) is 113 cm³/mol. The Bertz CT molecular complexity index is 1090. The van der Waals surface area contributed by atoms with E-state index >= 15 is 0 Å². The summed E-state index contributed by atoms with van der Waals surface area (Å²) in [5, 5.41) is 3.17. The Kier molecular flexibility index (Phi) is 5.64. The molecule has 0 amide bonds. The Morgan fingerprint density at radius 1 is 1.00 bits per heavy atom. The molecule has 0 unspecified atom stereocenters. The van der Waals surface area contributed by atoms with Gasteiger partial charge in [-0.15, -0.1) is 0 Å². The summed E-state index contributed by atoms with van der Waals surface area (Å²) >= 11 is 0. The van der Waals surface area contributed by atoms with Crippen LogP contribution in [-0.2, 0) is 22.9 Å². The van der Waals surface area contributed by atoms with Crippen molar-refractivity contribution in [2.24, 2.45) is 0 Å². The molecule has 2 heterocycles. The highest BCUT2D eigenvalue weighted by Crippen LogP contribution is 2.24. The van der Waals surface area contributed by atoms with E-state index in [-0.39, 0.29) is 6.54 Å². The molecule has 0 aliphatic heterocycles. The van der Waals surface area contributed by atoms with Crippen LogP contribution in [0.3, 0.4) is 0 Å². The highest BCUT2D eigenvalue weighted by Gasteiger charge is 2.17. The van der Waals surface area contributed by atoms with Gasteiger partial charge in [0.25, 0.3) is 0 Å². The summed E-state index contributed by atoms with van der Waals surface area (Å²) < 4.78 is 29.8. The van der Waals surface area contributed by atoms with Crippen LogP contribution in [0.15, 0.2) is 53.7 Å². The zero-order valence-corrected chi connectivity index (χ0v) is 17.2. The van der Waals surface area contributed by atoms with E-state index in [1.165, 1.54) is 12.0 Å². The van der Waals surface area contributed by atoms with Crippen molar-refractivity contribution in [1.82, 2.24) is 19.3 Å². The van der Waals surface area contributed by atoms with Gasteiger partial charge >= 0.3 is 0 Å². The number of fused-ring (bicyclic) bond motifs is 1. The molecule has 1 aliphatic carbocycles. The molecule has 0 spiro atoms. The maximum atomic E-state index is 12.6. The van der Waals surface area contributed by atoms with Crippen LogP contribution in [-0.4, -0.2) is 36.0 Å². The van der Waals surface area contributed by atoms with E-state index in [0.29, 0.717) is 23.1 Å². The summed E-state index contributed by atoms with van der Waals surface area (Å²) in [4.78, 5) is 9.13. The fourth-order valence-corrected chi connectivity index (χ4v) is 4.68. The Hall–Kier alpha value is -2.71. The molecule has 0 radical (unpaired) electrons. The van der Waals surface area contributed by atoms with Crippen molar-refractivity contribution >= 4 is 15.8 Å². The number of aromatic nitrogens is 3. The SMILES string of the molecule is Cc1nc(NCCNS(=O)(=O)c2ccc3c(c2)CCCC3)cc(-n2cccc2)n1. The summed E-state index contributed by atoms with van der Waals surface area (Å²) in [6.45, 7) is 2.52. The van der Waals surface area contributed by atoms with Crippen LogP contribution in [0, 0.1) is 6.92 Å². The zero-order chi connectivity index (χ0) is 20.3. The van der Waals surface area contributed by atoms with E-state index in [2.05, 4.69) is 20.0 Å². The molecule has 0 saturated heterocycles. The Balaban J connectivity index is 1.37. The summed E-state index contributed by atoms with van der Waals surface area (Å²) in [5.74, 6) is 2.07. The van der Waals surface area contributed by atoms with Gasteiger partial charge in [0, 0.05) is 31.5 Å². The molecule has 3 aromatic rings. The molecule has 1 aliphatic rings. The van der Waals surface area contributed by atoms with Crippen molar-refractivity contribution in [3.63, 3.8) is 0 Å². The second-order valence-electron chi connectivity index (χ2n) is 7.21. The predicted octanol–water partition coefficient (Wildman–Crippen LogP) is 2.84. The first kappa shape index (κ1) is 19.6. The summed E-state index contributed by atoms with van der Waals surface area (Å²) in [6.07, 6.45) is 8.12.